The van der Waals surface area contributed by atoms with Crippen molar-refractivity contribution in [3.05, 3.63) is 67.8 Å². The van der Waals surface area contributed by atoms with Gasteiger partial charge in [-0.15, -0.1) is 0 Å². The molecule has 1 atom stereocenters. The van der Waals surface area contributed by atoms with Crippen LogP contribution in [0.25, 0.3) is 6.08 Å². The zero-order chi connectivity index (χ0) is 21.1. The number of benzene rings is 2. The summed E-state index contributed by atoms with van der Waals surface area (Å²) >= 11 is 0. The standard InChI is InChI=1S/C20H19N3O6/c1-19(2)15-10-13(22(24)25)5-6-16(15)21(3)20(19)8-7-12-9-14(28-4)11-17(23(26)27)18(12)29-20/h5-11H,1-4H3/t20-/m1/s1. The largest absolute Gasteiger partial charge is 0.496 e. The molecule has 0 saturated heterocycles. The van der Waals surface area contributed by atoms with Gasteiger partial charge in [0, 0.05) is 30.4 Å². The Morgan fingerprint density at radius 3 is 2.45 bits per heavy atom. The van der Waals surface area contributed by atoms with Gasteiger partial charge in [-0.05, 0) is 43.7 Å². The van der Waals surface area contributed by atoms with E-state index < -0.39 is 21.0 Å². The lowest BCUT2D eigenvalue weighted by Gasteiger charge is -2.45. The van der Waals surface area contributed by atoms with Crippen LogP contribution in [0.2, 0.25) is 0 Å². The quantitative estimate of drug-likeness (QED) is 0.568. The van der Waals surface area contributed by atoms with Crippen molar-refractivity contribution in [2.75, 3.05) is 19.1 Å². The van der Waals surface area contributed by atoms with Crippen LogP contribution in [0.1, 0.15) is 25.0 Å². The molecule has 0 N–H and O–H groups in total. The lowest BCUT2D eigenvalue weighted by atomic mass is 9.76. The van der Waals surface area contributed by atoms with Crippen LogP contribution in [0.4, 0.5) is 17.1 Å². The van der Waals surface area contributed by atoms with Crippen LogP contribution < -0.4 is 14.4 Å². The van der Waals surface area contributed by atoms with E-state index in [1.54, 1.807) is 18.2 Å². The Morgan fingerprint density at radius 2 is 1.83 bits per heavy atom. The van der Waals surface area contributed by atoms with Crippen LogP contribution in [-0.4, -0.2) is 29.7 Å². The van der Waals surface area contributed by atoms with Crippen molar-refractivity contribution in [2.45, 2.75) is 25.0 Å². The van der Waals surface area contributed by atoms with Gasteiger partial charge in [0.25, 0.3) is 5.69 Å². The van der Waals surface area contributed by atoms with E-state index in [1.807, 2.05) is 31.9 Å². The molecule has 9 nitrogen and oxygen atoms in total. The molecule has 0 aromatic heterocycles. The maximum atomic E-state index is 11.7. The highest BCUT2D eigenvalue weighted by molar-refractivity contribution is 5.76. The summed E-state index contributed by atoms with van der Waals surface area (Å²) in [5.41, 5.74) is 0.00525. The first-order chi connectivity index (χ1) is 13.6. The van der Waals surface area contributed by atoms with E-state index in [2.05, 4.69) is 0 Å². The molecule has 0 unspecified atom stereocenters. The Balaban J connectivity index is 1.90. The Morgan fingerprint density at radius 1 is 1.10 bits per heavy atom. The van der Waals surface area contributed by atoms with Crippen LogP contribution in [0.5, 0.6) is 11.5 Å². The summed E-state index contributed by atoms with van der Waals surface area (Å²) in [6.45, 7) is 3.81. The molecule has 2 aromatic carbocycles. The third kappa shape index (κ3) is 2.40. The van der Waals surface area contributed by atoms with Gasteiger partial charge in [0.1, 0.15) is 5.75 Å². The summed E-state index contributed by atoms with van der Waals surface area (Å²) in [5, 5.41) is 22.9. The summed E-state index contributed by atoms with van der Waals surface area (Å²) in [4.78, 5) is 23.9. The number of rotatable bonds is 3. The molecule has 2 aliphatic rings. The van der Waals surface area contributed by atoms with Crippen molar-refractivity contribution in [3.8, 4) is 11.5 Å². The summed E-state index contributed by atoms with van der Waals surface area (Å²) < 4.78 is 11.5. The topological polar surface area (TPSA) is 108 Å². The molecular weight excluding hydrogens is 378 g/mol. The van der Waals surface area contributed by atoms with Gasteiger partial charge in [-0.2, -0.15) is 0 Å². The van der Waals surface area contributed by atoms with E-state index in [4.69, 9.17) is 9.47 Å². The first-order valence-electron chi connectivity index (χ1n) is 8.90. The number of likely N-dealkylation sites (N-methyl/N-ethyl adjacent to an activating group) is 1. The van der Waals surface area contributed by atoms with E-state index in [-0.39, 0.29) is 17.1 Å². The van der Waals surface area contributed by atoms with Crippen LogP contribution >= 0.6 is 0 Å². The number of nitro groups is 2. The minimum absolute atomic E-state index is 0.0156. The second-order valence-corrected chi connectivity index (χ2v) is 7.60. The SMILES string of the molecule is COc1cc2c(c([N+](=O)[O-])c1)O[C@@]1(C=C2)N(C)c2ccc([N+](=O)[O-])cc2C1(C)C. The van der Waals surface area contributed by atoms with E-state index in [9.17, 15) is 20.2 Å². The molecule has 0 aliphatic carbocycles. The minimum Gasteiger partial charge on any atom is -0.496 e. The van der Waals surface area contributed by atoms with Gasteiger partial charge >= 0.3 is 5.69 Å². The first kappa shape index (κ1) is 18.7. The highest BCUT2D eigenvalue weighted by Gasteiger charge is 2.58. The number of methoxy groups -OCH3 is 1. The van der Waals surface area contributed by atoms with E-state index in [1.165, 1.54) is 25.3 Å². The van der Waals surface area contributed by atoms with Gasteiger partial charge in [-0.25, -0.2) is 0 Å². The number of fused-ring (bicyclic) bond motifs is 2. The molecule has 150 valence electrons. The molecule has 0 bridgehead atoms. The fourth-order valence-corrected chi connectivity index (χ4v) is 4.23. The lowest BCUT2D eigenvalue weighted by Crippen LogP contribution is -2.58. The summed E-state index contributed by atoms with van der Waals surface area (Å²) in [6, 6.07) is 7.66. The number of nitrogens with zero attached hydrogens (tertiary/aromatic N) is 3. The van der Waals surface area contributed by atoms with Crippen LogP contribution in [0.3, 0.4) is 0 Å². The molecule has 4 rings (SSSR count). The van der Waals surface area contributed by atoms with Gasteiger partial charge in [0.2, 0.25) is 11.5 Å². The van der Waals surface area contributed by atoms with Gasteiger partial charge in [-0.1, -0.05) is 0 Å². The number of non-ortho nitro benzene ring substituents is 1. The monoisotopic (exact) mass is 397 g/mol. The molecule has 0 radical (unpaired) electrons. The van der Waals surface area contributed by atoms with Crippen LogP contribution in [0.15, 0.2) is 36.4 Å². The molecule has 1 spiro atoms. The van der Waals surface area contributed by atoms with Crippen molar-refractivity contribution in [1.82, 2.24) is 0 Å². The third-order valence-electron chi connectivity index (χ3n) is 5.87. The normalized spacial score (nSPS) is 20.8. The van der Waals surface area contributed by atoms with E-state index in [0.29, 0.717) is 11.3 Å². The van der Waals surface area contributed by atoms with Gasteiger partial charge in [0.15, 0.2) is 0 Å². The zero-order valence-electron chi connectivity index (χ0n) is 16.3. The fraction of sp³-hybridized carbons (Fsp3) is 0.300. The first-order valence-corrected chi connectivity index (χ1v) is 8.90. The maximum Gasteiger partial charge on any atom is 0.315 e. The molecule has 0 saturated carbocycles. The highest BCUT2D eigenvalue weighted by atomic mass is 16.6. The van der Waals surface area contributed by atoms with Crippen molar-refractivity contribution in [1.29, 1.82) is 0 Å². The minimum atomic E-state index is -1.09. The smallest absolute Gasteiger partial charge is 0.315 e. The van der Waals surface area contributed by atoms with Gasteiger partial charge in [0.05, 0.1) is 28.4 Å². The fourth-order valence-electron chi connectivity index (χ4n) is 4.23. The number of hydrogen-bond donors (Lipinski definition) is 0. The predicted octanol–water partition coefficient (Wildman–Crippen LogP) is 4.04. The molecule has 0 amide bonds. The lowest BCUT2D eigenvalue weighted by molar-refractivity contribution is -0.386. The highest BCUT2D eigenvalue weighted by Crippen LogP contribution is 2.56. The summed E-state index contributed by atoms with van der Waals surface area (Å²) in [6.07, 6.45) is 3.61. The van der Waals surface area contributed by atoms with Crippen molar-refractivity contribution >= 4 is 23.1 Å². The van der Waals surface area contributed by atoms with E-state index >= 15 is 0 Å². The molecule has 2 aliphatic heterocycles. The van der Waals surface area contributed by atoms with Crippen molar-refractivity contribution < 1.29 is 19.3 Å². The average molecular weight is 397 g/mol. The zero-order valence-corrected chi connectivity index (χ0v) is 16.3. The van der Waals surface area contributed by atoms with Crippen LogP contribution in [0, 0.1) is 20.2 Å². The summed E-state index contributed by atoms with van der Waals surface area (Å²) in [5.74, 6) is 0.498. The number of nitro benzene ring substituents is 2. The number of ether oxygens (including phenoxy) is 2. The molecule has 9 heteroatoms. The third-order valence-corrected chi connectivity index (χ3v) is 5.87. The Labute approximate surface area is 166 Å². The second kappa shape index (κ2) is 5.94. The van der Waals surface area contributed by atoms with Gasteiger partial charge < -0.3 is 14.4 Å². The molecular formula is C20H19N3O6. The Bertz CT molecular complexity index is 1090. The second-order valence-electron chi connectivity index (χ2n) is 7.60. The molecule has 2 heterocycles. The van der Waals surface area contributed by atoms with Gasteiger partial charge in [-0.3, -0.25) is 20.2 Å². The number of hydrogen-bond acceptors (Lipinski definition) is 7. The molecule has 29 heavy (non-hydrogen) atoms. The van der Waals surface area contributed by atoms with E-state index in [0.717, 1.165) is 11.3 Å². The Hall–Kier alpha value is -3.62. The van der Waals surface area contributed by atoms with Crippen molar-refractivity contribution in [3.63, 3.8) is 0 Å². The van der Waals surface area contributed by atoms with Crippen molar-refractivity contribution in [2.24, 2.45) is 0 Å². The average Bonchev–Trinajstić information content (AvgIpc) is 2.85. The Kier molecular flexibility index (Phi) is 3.83. The molecule has 2 aromatic rings. The van der Waals surface area contributed by atoms with Crippen LogP contribution in [-0.2, 0) is 5.41 Å². The number of anilines is 1. The predicted molar refractivity (Wildman–Crippen MR) is 107 cm³/mol. The maximum absolute atomic E-state index is 11.7. The summed E-state index contributed by atoms with van der Waals surface area (Å²) in [7, 11) is 3.25. The molecule has 0 fully saturated rings.